The Morgan fingerprint density at radius 1 is 1.28 bits per heavy atom. The van der Waals surface area contributed by atoms with Crippen molar-refractivity contribution in [1.29, 1.82) is 0 Å². The van der Waals surface area contributed by atoms with E-state index in [1.54, 1.807) is 0 Å². The predicted octanol–water partition coefficient (Wildman–Crippen LogP) is 3.03. The second-order valence-corrected chi connectivity index (χ2v) is 6.00. The highest BCUT2D eigenvalue weighted by Gasteiger charge is 2.08. The van der Waals surface area contributed by atoms with E-state index in [0.29, 0.717) is 0 Å². The molecule has 0 amide bonds. The first-order valence-electron chi connectivity index (χ1n) is 6.40. The van der Waals surface area contributed by atoms with Crippen molar-refractivity contribution < 1.29 is 0 Å². The van der Waals surface area contributed by atoms with Crippen molar-refractivity contribution in [3.63, 3.8) is 0 Å². The van der Waals surface area contributed by atoms with Gasteiger partial charge in [0, 0.05) is 22.0 Å². The van der Waals surface area contributed by atoms with E-state index < -0.39 is 0 Å². The first-order chi connectivity index (χ1) is 8.60. The van der Waals surface area contributed by atoms with Gasteiger partial charge in [-0.05, 0) is 45.0 Å². The zero-order chi connectivity index (χ0) is 13.1. The van der Waals surface area contributed by atoms with Gasteiger partial charge in [-0.25, -0.2) is 0 Å². The number of nitrogens with zero attached hydrogens (tertiary/aromatic N) is 2. The van der Waals surface area contributed by atoms with E-state index in [4.69, 9.17) is 0 Å². The highest BCUT2D eigenvalue weighted by atomic mass is 32.1. The highest BCUT2D eigenvalue weighted by Crippen LogP contribution is 2.22. The smallest absolute Gasteiger partial charge is 0.0673 e. The van der Waals surface area contributed by atoms with E-state index in [1.165, 1.54) is 21.0 Å². The summed E-state index contributed by atoms with van der Waals surface area (Å²) in [7, 11) is 0. The minimum absolute atomic E-state index is 0.883. The third-order valence-corrected chi connectivity index (χ3v) is 4.14. The third-order valence-electron chi connectivity index (χ3n) is 3.04. The van der Waals surface area contributed by atoms with Gasteiger partial charge in [-0.3, -0.25) is 4.68 Å². The number of hydrogen-bond donors (Lipinski definition) is 1. The van der Waals surface area contributed by atoms with E-state index in [0.717, 1.165) is 25.3 Å². The van der Waals surface area contributed by atoms with E-state index in [1.807, 2.05) is 18.3 Å². The van der Waals surface area contributed by atoms with Crippen LogP contribution in [0, 0.1) is 20.8 Å². The summed E-state index contributed by atoms with van der Waals surface area (Å²) < 4.78 is 2.08. The van der Waals surface area contributed by atoms with Crippen LogP contribution >= 0.6 is 11.3 Å². The lowest BCUT2D eigenvalue weighted by atomic mass is 10.2. The summed E-state index contributed by atoms with van der Waals surface area (Å²) in [5, 5.41) is 7.90. The van der Waals surface area contributed by atoms with Crippen LogP contribution < -0.4 is 5.32 Å². The van der Waals surface area contributed by atoms with Crippen molar-refractivity contribution >= 4 is 11.3 Å². The largest absolute Gasteiger partial charge is 0.312 e. The fourth-order valence-electron chi connectivity index (χ4n) is 2.08. The topological polar surface area (TPSA) is 29.9 Å². The minimum Gasteiger partial charge on any atom is -0.312 e. The van der Waals surface area contributed by atoms with E-state index in [9.17, 15) is 0 Å². The lowest BCUT2D eigenvalue weighted by Crippen LogP contribution is -2.10. The molecule has 2 aromatic heterocycles. The molecule has 0 fully saturated rings. The molecule has 0 aliphatic rings. The van der Waals surface area contributed by atoms with Crippen molar-refractivity contribution in [3.05, 3.63) is 38.8 Å². The van der Waals surface area contributed by atoms with Crippen molar-refractivity contribution in [2.45, 2.75) is 40.8 Å². The average Bonchev–Trinajstić information content (AvgIpc) is 2.81. The molecule has 2 aromatic rings. The molecular weight excluding hydrogens is 242 g/mol. The maximum absolute atomic E-state index is 4.52. The summed E-state index contributed by atoms with van der Waals surface area (Å²) in [6.45, 7) is 11.4. The standard InChI is InChI=1S/C14H21N3S/c1-5-15-8-14-7-13(12(4)18-14)9-17-11(3)6-10(2)16-17/h6-7,15H,5,8-9H2,1-4H3. The Morgan fingerprint density at radius 2 is 2.06 bits per heavy atom. The Bertz CT molecular complexity index is 525. The highest BCUT2D eigenvalue weighted by molar-refractivity contribution is 7.12. The third kappa shape index (κ3) is 3.00. The molecule has 0 bridgehead atoms. The summed E-state index contributed by atoms with van der Waals surface area (Å²) in [4.78, 5) is 2.81. The van der Waals surface area contributed by atoms with Crippen LogP contribution in [0.2, 0.25) is 0 Å². The fraction of sp³-hybridized carbons (Fsp3) is 0.500. The minimum atomic E-state index is 0.883. The van der Waals surface area contributed by atoms with Crippen molar-refractivity contribution in [3.8, 4) is 0 Å². The quantitative estimate of drug-likeness (QED) is 0.898. The van der Waals surface area contributed by atoms with Gasteiger partial charge in [0.25, 0.3) is 0 Å². The number of hydrogen-bond acceptors (Lipinski definition) is 3. The van der Waals surface area contributed by atoms with Gasteiger partial charge in [0.15, 0.2) is 0 Å². The Hall–Kier alpha value is -1.13. The monoisotopic (exact) mass is 263 g/mol. The second kappa shape index (κ2) is 5.67. The van der Waals surface area contributed by atoms with Crippen LogP contribution in [-0.4, -0.2) is 16.3 Å². The number of thiophene rings is 1. The molecule has 1 N–H and O–H groups in total. The normalized spacial score (nSPS) is 11.1. The number of rotatable bonds is 5. The molecule has 3 nitrogen and oxygen atoms in total. The SMILES string of the molecule is CCNCc1cc(Cn2nc(C)cc2C)c(C)s1. The molecule has 0 spiro atoms. The molecule has 0 unspecified atom stereocenters. The van der Waals surface area contributed by atoms with Crippen LogP contribution in [0.1, 0.15) is 33.6 Å². The van der Waals surface area contributed by atoms with Crippen LogP contribution in [0.5, 0.6) is 0 Å². The molecule has 0 aromatic carbocycles. The van der Waals surface area contributed by atoms with Gasteiger partial charge in [0.1, 0.15) is 0 Å². The van der Waals surface area contributed by atoms with Crippen LogP contribution in [0.25, 0.3) is 0 Å². The van der Waals surface area contributed by atoms with Crippen LogP contribution in [0.4, 0.5) is 0 Å². The molecule has 2 rings (SSSR count). The molecule has 98 valence electrons. The molecule has 18 heavy (non-hydrogen) atoms. The lowest BCUT2D eigenvalue weighted by molar-refractivity contribution is 0.657. The Balaban J connectivity index is 2.13. The van der Waals surface area contributed by atoms with E-state index in [2.05, 4.69) is 48.0 Å². The van der Waals surface area contributed by atoms with Crippen molar-refractivity contribution in [2.24, 2.45) is 0 Å². The molecule has 0 aliphatic heterocycles. The maximum atomic E-state index is 4.52. The van der Waals surface area contributed by atoms with E-state index >= 15 is 0 Å². The van der Waals surface area contributed by atoms with Gasteiger partial charge in [0.05, 0.1) is 12.2 Å². The van der Waals surface area contributed by atoms with Gasteiger partial charge >= 0.3 is 0 Å². The first kappa shape index (κ1) is 13.3. The predicted molar refractivity (Wildman–Crippen MR) is 77.2 cm³/mol. The zero-order valence-corrected chi connectivity index (χ0v) is 12.4. The number of aryl methyl sites for hydroxylation is 3. The van der Waals surface area contributed by atoms with Gasteiger partial charge in [0.2, 0.25) is 0 Å². The number of nitrogens with one attached hydrogen (secondary N) is 1. The summed E-state index contributed by atoms with van der Waals surface area (Å²) >= 11 is 1.88. The van der Waals surface area contributed by atoms with Crippen LogP contribution in [0.15, 0.2) is 12.1 Å². The zero-order valence-electron chi connectivity index (χ0n) is 11.6. The van der Waals surface area contributed by atoms with Crippen LogP contribution in [0.3, 0.4) is 0 Å². The average molecular weight is 263 g/mol. The summed E-state index contributed by atoms with van der Waals surface area (Å²) in [5.41, 5.74) is 3.71. The Kier molecular flexibility index (Phi) is 4.19. The van der Waals surface area contributed by atoms with Gasteiger partial charge in [-0.2, -0.15) is 5.10 Å². The van der Waals surface area contributed by atoms with Crippen LogP contribution in [-0.2, 0) is 13.1 Å². The van der Waals surface area contributed by atoms with Crippen molar-refractivity contribution in [1.82, 2.24) is 15.1 Å². The summed E-state index contributed by atoms with van der Waals surface area (Å²) in [6, 6.07) is 4.43. The lowest BCUT2D eigenvalue weighted by Gasteiger charge is -2.03. The second-order valence-electron chi connectivity index (χ2n) is 4.66. The van der Waals surface area contributed by atoms with E-state index in [-0.39, 0.29) is 0 Å². The maximum Gasteiger partial charge on any atom is 0.0673 e. The molecule has 0 aliphatic carbocycles. The Labute approximate surface area is 113 Å². The molecule has 0 atom stereocenters. The van der Waals surface area contributed by atoms with Crippen molar-refractivity contribution in [2.75, 3.05) is 6.54 Å². The molecule has 0 saturated heterocycles. The Morgan fingerprint density at radius 3 is 2.67 bits per heavy atom. The molecule has 2 heterocycles. The molecule has 4 heteroatoms. The molecular formula is C14H21N3S. The fourth-order valence-corrected chi connectivity index (χ4v) is 3.10. The van der Waals surface area contributed by atoms with Gasteiger partial charge in [-0.15, -0.1) is 11.3 Å². The van der Waals surface area contributed by atoms with Gasteiger partial charge in [-0.1, -0.05) is 6.92 Å². The molecule has 0 radical (unpaired) electrons. The van der Waals surface area contributed by atoms with Gasteiger partial charge < -0.3 is 5.32 Å². The number of aromatic nitrogens is 2. The summed E-state index contributed by atoms with van der Waals surface area (Å²) in [5.74, 6) is 0. The first-order valence-corrected chi connectivity index (χ1v) is 7.21. The molecule has 0 saturated carbocycles. The summed E-state index contributed by atoms with van der Waals surface area (Å²) in [6.07, 6.45) is 0.